The fraction of sp³-hybridized carbons (Fsp3) is 0.333. The molecule has 2 amide bonds. The maximum Gasteiger partial charge on any atom is 0.326 e. The van der Waals surface area contributed by atoms with E-state index < -0.39 is 28.1 Å². The molecule has 0 spiro atoms. The Bertz CT molecular complexity index is 656. The van der Waals surface area contributed by atoms with E-state index >= 15 is 0 Å². The number of hydrogen-bond acceptors (Lipinski definition) is 4. The number of likely N-dealkylation sites (tertiary alicyclic amines) is 1. The molecule has 2 rings (SSSR count). The molecule has 8 nitrogen and oxygen atoms in total. The van der Waals surface area contributed by atoms with E-state index in [0.29, 0.717) is 25.1 Å². The van der Waals surface area contributed by atoms with Crippen molar-refractivity contribution in [3.63, 3.8) is 0 Å². The zero-order valence-electron chi connectivity index (χ0n) is 11.0. The first-order valence-electron chi connectivity index (χ1n) is 6.22. The number of sulfonamides is 1. The van der Waals surface area contributed by atoms with Crippen molar-refractivity contribution in [3.05, 3.63) is 24.3 Å². The van der Waals surface area contributed by atoms with Crippen LogP contribution in [0.25, 0.3) is 0 Å². The molecule has 0 radical (unpaired) electrons. The highest BCUT2D eigenvalue weighted by atomic mass is 32.2. The molecule has 1 aromatic rings. The van der Waals surface area contributed by atoms with Gasteiger partial charge in [-0.05, 0) is 37.1 Å². The van der Waals surface area contributed by atoms with Crippen LogP contribution in [0, 0.1) is 0 Å². The first-order valence-corrected chi connectivity index (χ1v) is 7.77. The van der Waals surface area contributed by atoms with Crippen molar-refractivity contribution < 1.29 is 23.1 Å². The summed E-state index contributed by atoms with van der Waals surface area (Å²) >= 11 is 0. The van der Waals surface area contributed by atoms with Crippen LogP contribution < -0.4 is 10.5 Å². The van der Waals surface area contributed by atoms with Crippen molar-refractivity contribution in [2.45, 2.75) is 23.8 Å². The Morgan fingerprint density at radius 1 is 1.29 bits per heavy atom. The smallest absolute Gasteiger partial charge is 0.326 e. The van der Waals surface area contributed by atoms with Crippen LogP contribution in [0.2, 0.25) is 0 Å². The van der Waals surface area contributed by atoms with Gasteiger partial charge in [0.25, 0.3) is 0 Å². The topological polar surface area (TPSA) is 130 Å². The second-order valence-corrected chi connectivity index (χ2v) is 6.25. The maximum atomic E-state index is 12.0. The molecule has 0 unspecified atom stereocenters. The lowest BCUT2D eigenvalue weighted by molar-refractivity contribution is -0.141. The Kier molecular flexibility index (Phi) is 4.14. The number of carbonyl (C=O) groups is 2. The minimum Gasteiger partial charge on any atom is -0.480 e. The number of urea groups is 1. The third-order valence-electron chi connectivity index (χ3n) is 3.23. The summed E-state index contributed by atoms with van der Waals surface area (Å²) in [5, 5.41) is 16.5. The molecule has 1 atom stereocenters. The third-order valence-corrected chi connectivity index (χ3v) is 4.16. The number of benzene rings is 1. The molecule has 114 valence electrons. The van der Waals surface area contributed by atoms with Crippen LogP contribution in [0.5, 0.6) is 0 Å². The molecule has 1 aliphatic heterocycles. The Morgan fingerprint density at radius 3 is 2.43 bits per heavy atom. The van der Waals surface area contributed by atoms with Gasteiger partial charge in [0.1, 0.15) is 6.04 Å². The Hall–Kier alpha value is -2.13. The summed E-state index contributed by atoms with van der Waals surface area (Å²) in [7, 11) is -3.78. The van der Waals surface area contributed by atoms with E-state index in [-0.39, 0.29) is 4.90 Å². The Morgan fingerprint density at radius 2 is 1.90 bits per heavy atom. The lowest BCUT2D eigenvalue weighted by Crippen LogP contribution is -2.42. The molecule has 0 saturated carbocycles. The first-order chi connectivity index (χ1) is 9.79. The highest BCUT2D eigenvalue weighted by Gasteiger charge is 2.33. The molecule has 21 heavy (non-hydrogen) atoms. The van der Waals surface area contributed by atoms with Gasteiger partial charge in [0.15, 0.2) is 0 Å². The third kappa shape index (κ3) is 3.50. The van der Waals surface area contributed by atoms with E-state index in [9.17, 15) is 18.0 Å². The number of carboxylic acids is 1. The number of aliphatic carboxylic acids is 1. The second-order valence-electron chi connectivity index (χ2n) is 4.69. The van der Waals surface area contributed by atoms with Crippen molar-refractivity contribution in [2.75, 3.05) is 11.9 Å². The lowest BCUT2D eigenvalue weighted by Gasteiger charge is -2.21. The van der Waals surface area contributed by atoms with E-state index in [1.165, 1.54) is 29.2 Å². The number of carboxylic acid groups (broad SMARTS) is 1. The number of hydrogen-bond donors (Lipinski definition) is 3. The zero-order valence-corrected chi connectivity index (χ0v) is 11.8. The van der Waals surface area contributed by atoms with Gasteiger partial charge in [0, 0.05) is 12.2 Å². The molecule has 0 aromatic heterocycles. The summed E-state index contributed by atoms with van der Waals surface area (Å²) in [5.41, 5.74) is 0.364. The predicted molar refractivity (Wildman–Crippen MR) is 74.2 cm³/mol. The summed E-state index contributed by atoms with van der Waals surface area (Å²) in [6, 6.07) is 3.97. The van der Waals surface area contributed by atoms with Crippen LogP contribution in [0.1, 0.15) is 12.8 Å². The Labute approximate surface area is 121 Å². The van der Waals surface area contributed by atoms with Crippen molar-refractivity contribution in [1.82, 2.24) is 4.90 Å². The van der Waals surface area contributed by atoms with E-state index in [1.807, 2.05) is 0 Å². The lowest BCUT2D eigenvalue weighted by atomic mass is 10.2. The summed E-state index contributed by atoms with van der Waals surface area (Å²) in [6.45, 7) is 0.373. The molecule has 1 fully saturated rings. The van der Waals surface area contributed by atoms with Gasteiger partial charge in [-0.2, -0.15) is 0 Å². The van der Waals surface area contributed by atoms with Gasteiger partial charge in [-0.3, -0.25) is 0 Å². The molecular weight excluding hydrogens is 298 g/mol. The standard InChI is InChI=1S/C12H15N3O5S/c13-21(19,20)9-5-3-8(4-6-9)14-12(18)15-7-1-2-10(15)11(16)17/h3-6,10H,1-2,7H2,(H,14,18)(H,16,17)(H2,13,19,20)/t10-/m0/s1. The van der Waals surface area contributed by atoms with E-state index in [2.05, 4.69) is 5.32 Å². The average Bonchev–Trinajstić information content (AvgIpc) is 2.87. The van der Waals surface area contributed by atoms with Crippen LogP contribution >= 0.6 is 0 Å². The van der Waals surface area contributed by atoms with Crippen molar-refractivity contribution in [1.29, 1.82) is 0 Å². The SMILES string of the molecule is NS(=O)(=O)c1ccc(NC(=O)N2CCC[C@H]2C(=O)O)cc1. The molecule has 1 aliphatic rings. The van der Waals surface area contributed by atoms with Crippen LogP contribution in [0.15, 0.2) is 29.2 Å². The molecular formula is C12H15N3O5S. The zero-order chi connectivity index (χ0) is 15.6. The summed E-state index contributed by atoms with van der Waals surface area (Å²) in [5.74, 6) is -1.03. The van der Waals surface area contributed by atoms with Crippen molar-refractivity contribution >= 4 is 27.7 Å². The predicted octanol–water partition coefficient (Wildman–Crippen LogP) is 0.415. The largest absolute Gasteiger partial charge is 0.480 e. The van der Waals surface area contributed by atoms with Crippen LogP contribution in [-0.2, 0) is 14.8 Å². The van der Waals surface area contributed by atoms with Gasteiger partial charge in [-0.1, -0.05) is 0 Å². The number of nitrogens with zero attached hydrogens (tertiary/aromatic N) is 1. The van der Waals surface area contributed by atoms with Crippen LogP contribution in [0.3, 0.4) is 0 Å². The molecule has 0 aliphatic carbocycles. The quantitative estimate of drug-likeness (QED) is 0.744. The summed E-state index contributed by atoms with van der Waals surface area (Å²) in [4.78, 5) is 24.2. The van der Waals surface area contributed by atoms with Crippen LogP contribution in [-0.4, -0.2) is 43.0 Å². The van der Waals surface area contributed by atoms with Crippen molar-refractivity contribution in [2.24, 2.45) is 5.14 Å². The van der Waals surface area contributed by atoms with Gasteiger partial charge in [-0.15, -0.1) is 0 Å². The fourth-order valence-electron chi connectivity index (χ4n) is 2.19. The molecule has 1 saturated heterocycles. The van der Waals surface area contributed by atoms with Gasteiger partial charge in [-0.25, -0.2) is 23.1 Å². The van der Waals surface area contributed by atoms with Gasteiger partial charge < -0.3 is 15.3 Å². The Balaban J connectivity index is 2.08. The van der Waals surface area contributed by atoms with E-state index in [1.54, 1.807) is 0 Å². The molecule has 9 heteroatoms. The van der Waals surface area contributed by atoms with E-state index in [0.717, 1.165) is 0 Å². The minimum absolute atomic E-state index is 0.0647. The molecule has 0 bridgehead atoms. The number of nitrogens with one attached hydrogen (secondary N) is 1. The fourth-order valence-corrected chi connectivity index (χ4v) is 2.71. The second kappa shape index (κ2) is 5.70. The van der Waals surface area contributed by atoms with Gasteiger partial charge in [0.05, 0.1) is 4.90 Å². The highest BCUT2D eigenvalue weighted by molar-refractivity contribution is 7.89. The number of primary sulfonamides is 1. The normalized spacial score (nSPS) is 18.5. The first kappa shape index (κ1) is 15.3. The number of rotatable bonds is 3. The number of carbonyl (C=O) groups excluding carboxylic acids is 1. The number of amides is 2. The number of anilines is 1. The average molecular weight is 313 g/mol. The van der Waals surface area contributed by atoms with Gasteiger partial charge in [0.2, 0.25) is 10.0 Å². The molecule has 1 aromatic carbocycles. The maximum absolute atomic E-state index is 12.0. The summed E-state index contributed by atoms with van der Waals surface area (Å²) < 4.78 is 22.2. The monoisotopic (exact) mass is 313 g/mol. The summed E-state index contributed by atoms with van der Waals surface area (Å²) in [6.07, 6.45) is 1.06. The number of nitrogens with two attached hydrogens (primary N) is 1. The molecule has 4 N–H and O–H groups in total. The highest BCUT2D eigenvalue weighted by Crippen LogP contribution is 2.19. The van der Waals surface area contributed by atoms with Crippen molar-refractivity contribution in [3.8, 4) is 0 Å². The van der Waals surface area contributed by atoms with Crippen LogP contribution in [0.4, 0.5) is 10.5 Å². The van der Waals surface area contributed by atoms with E-state index in [4.69, 9.17) is 10.2 Å². The minimum atomic E-state index is -3.78. The van der Waals surface area contributed by atoms with Gasteiger partial charge >= 0.3 is 12.0 Å². The molecule has 1 heterocycles.